The molecule has 2 aromatic heterocycles. The van der Waals surface area contributed by atoms with Gasteiger partial charge in [0.25, 0.3) is 5.56 Å². The summed E-state index contributed by atoms with van der Waals surface area (Å²) in [4.78, 5) is 26.5. The minimum absolute atomic E-state index is 0.0120. The molecule has 0 aliphatic heterocycles. The van der Waals surface area contributed by atoms with Crippen molar-refractivity contribution in [3.8, 4) is 17.0 Å². The number of fused-ring (bicyclic) bond motifs is 1. The molecule has 112 valence electrons. The lowest BCUT2D eigenvalue weighted by atomic mass is 10.1. The maximum atomic E-state index is 12.2. The molecule has 7 nitrogen and oxygen atoms in total. The van der Waals surface area contributed by atoms with Crippen molar-refractivity contribution in [2.24, 2.45) is 0 Å². The van der Waals surface area contributed by atoms with Gasteiger partial charge in [0.2, 0.25) is 5.88 Å². The first kappa shape index (κ1) is 13.9. The summed E-state index contributed by atoms with van der Waals surface area (Å²) in [6, 6.07) is 10.1. The molecule has 2 heterocycles. The molecule has 0 spiro atoms. The topological polar surface area (TPSA) is 96.7 Å². The fraction of sp³-hybridized carbons (Fsp3) is 0.133. The Morgan fingerprint density at radius 3 is 2.77 bits per heavy atom. The molecule has 0 fully saturated rings. The molecule has 3 rings (SSSR count). The molecule has 0 amide bonds. The summed E-state index contributed by atoms with van der Waals surface area (Å²) in [6.07, 6.45) is 0. The van der Waals surface area contributed by atoms with E-state index in [9.17, 15) is 14.7 Å². The number of rotatable bonds is 3. The smallest absolute Gasteiger partial charge is 0.358 e. The number of aromatic amines is 1. The number of carbonyl (C=O) groups excluding carboxylic acids is 1. The van der Waals surface area contributed by atoms with Gasteiger partial charge in [0.15, 0.2) is 5.69 Å². The van der Waals surface area contributed by atoms with Gasteiger partial charge in [0.1, 0.15) is 11.2 Å². The van der Waals surface area contributed by atoms with Crippen LogP contribution >= 0.6 is 0 Å². The summed E-state index contributed by atoms with van der Waals surface area (Å²) in [5.74, 6) is -0.951. The van der Waals surface area contributed by atoms with Gasteiger partial charge in [-0.2, -0.15) is 9.61 Å². The summed E-state index contributed by atoms with van der Waals surface area (Å²) in [5, 5.41) is 14.3. The van der Waals surface area contributed by atoms with E-state index in [1.54, 1.807) is 37.3 Å². The molecule has 0 saturated carbocycles. The zero-order chi connectivity index (χ0) is 15.7. The van der Waals surface area contributed by atoms with E-state index < -0.39 is 11.5 Å². The van der Waals surface area contributed by atoms with Crippen molar-refractivity contribution >= 4 is 11.6 Å². The van der Waals surface area contributed by atoms with Crippen LogP contribution in [0.25, 0.3) is 16.8 Å². The Kier molecular flexibility index (Phi) is 3.38. The average molecular weight is 299 g/mol. The van der Waals surface area contributed by atoms with Gasteiger partial charge in [0, 0.05) is 6.07 Å². The van der Waals surface area contributed by atoms with Gasteiger partial charge in [-0.25, -0.2) is 4.79 Å². The Morgan fingerprint density at radius 1 is 1.36 bits per heavy atom. The minimum Gasteiger partial charge on any atom is -0.493 e. The van der Waals surface area contributed by atoms with E-state index >= 15 is 0 Å². The van der Waals surface area contributed by atoms with Crippen molar-refractivity contribution in [3.05, 3.63) is 52.4 Å². The second-order valence-corrected chi connectivity index (χ2v) is 4.57. The third kappa shape index (κ3) is 2.22. The Balaban J connectivity index is 2.21. The van der Waals surface area contributed by atoms with Crippen LogP contribution in [0.4, 0.5) is 0 Å². The fourth-order valence-electron chi connectivity index (χ4n) is 2.19. The maximum Gasteiger partial charge on any atom is 0.358 e. The van der Waals surface area contributed by atoms with Crippen LogP contribution in [-0.4, -0.2) is 32.3 Å². The van der Waals surface area contributed by atoms with Crippen molar-refractivity contribution < 1.29 is 14.6 Å². The Bertz CT molecular complexity index is 896. The van der Waals surface area contributed by atoms with E-state index in [4.69, 9.17) is 4.74 Å². The number of ether oxygens (including phenoxy) is 1. The second-order valence-electron chi connectivity index (χ2n) is 4.57. The number of aromatic nitrogens is 3. The van der Waals surface area contributed by atoms with Gasteiger partial charge in [-0.15, -0.1) is 0 Å². The number of nitrogens with one attached hydrogen (secondary N) is 1. The van der Waals surface area contributed by atoms with Crippen LogP contribution in [0.5, 0.6) is 5.88 Å². The zero-order valence-corrected chi connectivity index (χ0v) is 11.7. The van der Waals surface area contributed by atoms with Crippen LogP contribution in [-0.2, 0) is 4.74 Å². The molecule has 1 aromatic carbocycles. The van der Waals surface area contributed by atoms with E-state index in [2.05, 4.69) is 10.1 Å². The van der Waals surface area contributed by atoms with Gasteiger partial charge in [-0.1, -0.05) is 30.3 Å². The minimum atomic E-state index is -0.618. The third-order valence-electron chi connectivity index (χ3n) is 3.15. The summed E-state index contributed by atoms with van der Waals surface area (Å²) < 4.78 is 5.96. The van der Waals surface area contributed by atoms with Crippen LogP contribution < -0.4 is 5.56 Å². The van der Waals surface area contributed by atoms with Crippen molar-refractivity contribution in [2.75, 3.05) is 6.61 Å². The van der Waals surface area contributed by atoms with Crippen molar-refractivity contribution in [1.29, 1.82) is 0 Å². The number of hydrogen-bond donors (Lipinski definition) is 2. The molecule has 0 unspecified atom stereocenters. The Hall–Kier alpha value is -3.09. The van der Waals surface area contributed by atoms with Gasteiger partial charge in [0.05, 0.1) is 6.61 Å². The van der Waals surface area contributed by atoms with E-state index in [0.717, 1.165) is 4.52 Å². The number of hydrogen-bond acceptors (Lipinski definition) is 5. The highest BCUT2D eigenvalue weighted by atomic mass is 16.5. The van der Waals surface area contributed by atoms with Gasteiger partial charge < -0.3 is 14.8 Å². The first-order valence-corrected chi connectivity index (χ1v) is 6.69. The largest absolute Gasteiger partial charge is 0.493 e. The average Bonchev–Trinajstić information content (AvgIpc) is 2.93. The summed E-state index contributed by atoms with van der Waals surface area (Å²) >= 11 is 0. The highest BCUT2D eigenvalue weighted by Crippen LogP contribution is 2.25. The van der Waals surface area contributed by atoms with Crippen LogP contribution in [0.3, 0.4) is 0 Å². The molecule has 0 aliphatic rings. The number of H-pyrrole nitrogens is 1. The highest BCUT2D eigenvalue weighted by Gasteiger charge is 2.18. The van der Waals surface area contributed by atoms with Gasteiger partial charge in [-0.05, 0) is 12.5 Å². The Labute approximate surface area is 124 Å². The number of benzene rings is 1. The molecule has 0 aliphatic carbocycles. The monoisotopic (exact) mass is 299 g/mol. The molecule has 0 bridgehead atoms. The van der Waals surface area contributed by atoms with E-state index in [1.807, 2.05) is 0 Å². The molecular formula is C15H13N3O4. The molecular weight excluding hydrogens is 286 g/mol. The van der Waals surface area contributed by atoms with Crippen LogP contribution in [0.2, 0.25) is 0 Å². The Morgan fingerprint density at radius 2 is 2.09 bits per heavy atom. The zero-order valence-electron chi connectivity index (χ0n) is 11.7. The fourth-order valence-corrected chi connectivity index (χ4v) is 2.19. The number of carbonyl (C=O) groups is 1. The van der Waals surface area contributed by atoms with Crippen LogP contribution in [0, 0.1) is 0 Å². The van der Waals surface area contributed by atoms with Gasteiger partial charge >= 0.3 is 5.97 Å². The lowest BCUT2D eigenvalue weighted by molar-refractivity contribution is 0.0519. The highest BCUT2D eigenvalue weighted by molar-refractivity contribution is 5.88. The quantitative estimate of drug-likeness (QED) is 0.716. The summed E-state index contributed by atoms with van der Waals surface area (Å²) in [6.45, 7) is 1.89. The second kappa shape index (κ2) is 5.36. The standard InChI is InChI=1S/C15H13N3O4/c1-2-22-15(21)10-8-11-16-13(19)12(14(20)18(11)17-10)9-6-4-3-5-7-9/h3-8,20H,2H2,1H3,(H,16,19). The first-order chi connectivity index (χ1) is 10.6. The third-order valence-corrected chi connectivity index (χ3v) is 3.15. The van der Waals surface area contributed by atoms with Gasteiger partial charge in [-0.3, -0.25) is 4.79 Å². The first-order valence-electron chi connectivity index (χ1n) is 6.69. The maximum absolute atomic E-state index is 12.2. The molecule has 0 saturated heterocycles. The lowest BCUT2D eigenvalue weighted by Crippen LogP contribution is -2.12. The SMILES string of the molecule is CCOC(=O)c1cc2[nH]c(=O)c(-c3ccccc3)c(O)n2n1. The predicted molar refractivity (Wildman–Crippen MR) is 78.9 cm³/mol. The predicted octanol–water partition coefficient (Wildman–Crippen LogP) is 1.57. The van der Waals surface area contributed by atoms with E-state index in [1.165, 1.54) is 6.07 Å². The van der Waals surface area contributed by atoms with Crippen molar-refractivity contribution in [1.82, 2.24) is 14.6 Å². The summed E-state index contributed by atoms with van der Waals surface area (Å²) in [5.41, 5.74) is 0.401. The number of nitrogens with zero attached hydrogens (tertiary/aromatic N) is 2. The molecule has 0 radical (unpaired) electrons. The van der Waals surface area contributed by atoms with Crippen molar-refractivity contribution in [3.63, 3.8) is 0 Å². The molecule has 3 aromatic rings. The molecule has 0 atom stereocenters. The van der Waals surface area contributed by atoms with Crippen molar-refractivity contribution in [2.45, 2.75) is 6.92 Å². The normalized spacial score (nSPS) is 10.8. The molecule has 7 heteroatoms. The van der Waals surface area contributed by atoms with Crippen LogP contribution in [0.15, 0.2) is 41.2 Å². The molecule has 22 heavy (non-hydrogen) atoms. The molecule has 2 N–H and O–H groups in total. The van der Waals surface area contributed by atoms with E-state index in [-0.39, 0.29) is 29.4 Å². The number of aromatic hydroxyl groups is 1. The number of esters is 1. The van der Waals surface area contributed by atoms with E-state index in [0.29, 0.717) is 5.56 Å². The van der Waals surface area contributed by atoms with Crippen LogP contribution in [0.1, 0.15) is 17.4 Å². The summed E-state index contributed by atoms with van der Waals surface area (Å²) in [7, 11) is 0. The lowest BCUT2D eigenvalue weighted by Gasteiger charge is -2.05.